The van der Waals surface area contributed by atoms with Crippen LogP contribution in [-0.4, -0.2) is 27.7 Å². The number of nitrogens with two attached hydrogens (primary N) is 1. The lowest BCUT2D eigenvalue weighted by Crippen LogP contribution is -2.14. The molecular formula is C11H19N5O. The van der Waals surface area contributed by atoms with Gasteiger partial charge in [-0.05, 0) is 26.2 Å². The highest BCUT2D eigenvalue weighted by atomic mass is 16.3. The third-order valence-electron chi connectivity index (χ3n) is 2.70. The molecule has 0 aliphatic heterocycles. The average Bonchev–Trinajstić information content (AvgIpc) is 3.12. The zero-order valence-electron chi connectivity index (χ0n) is 9.98. The molecule has 6 heteroatoms. The zero-order chi connectivity index (χ0) is 12.3. The minimum Gasteiger partial charge on any atom is -0.393 e. The van der Waals surface area contributed by atoms with E-state index in [1.165, 1.54) is 0 Å². The van der Waals surface area contributed by atoms with E-state index in [0.717, 1.165) is 24.5 Å². The van der Waals surface area contributed by atoms with Crippen LogP contribution in [0.3, 0.4) is 0 Å². The van der Waals surface area contributed by atoms with Crippen molar-refractivity contribution in [2.45, 2.75) is 38.2 Å². The molecular weight excluding hydrogens is 218 g/mol. The second-order valence-electron chi connectivity index (χ2n) is 4.48. The van der Waals surface area contributed by atoms with E-state index in [9.17, 15) is 5.11 Å². The van der Waals surface area contributed by atoms with Crippen LogP contribution in [0, 0.1) is 0 Å². The third-order valence-corrected chi connectivity index (χ3v) is 2.70. The number of aliphatic hydroxyl groups is 1. The molecule has 1 aromatic heterocycles. The Labute approximate surface area is 101 Å². The molecule has 1 fully saturated rings. The smallest absolute Gasteiger partial charge is 0.145 e. The van der Waals surface area contributed by atoms with Crippen molar-refractivity contribution in [3.05, 3.63) is 11.9 Å². The highest BCUT2D eigenvalue weighted by Crippen LogP contribution is 2.38. The van der Waals surface area contributed by atoms with Crippen molar-refractivity contribution in [2.24, 2.45) is 5.84 Å². The molecule has 2 rings (SSSR count). The monoisotopic (exact) mass is 237 g/mol. The summed E-state index contributed by atoms with van der Waals surface area (Å²) in [4.78, 5) is 8.76. The average molecular weight is 237 g/mol. The molecule has 0 radical (unpaired) electrons. The Balaban J connectivity index is 2.01. The normalized spacial score (nSPS) is 16.6. The summed E-state index contributed by atoms with van der Waals surface area (Å²) in [5.41, 5.74) is 2.55. The molecule has 1 saturated carbocycles. The van der Waals surface area contributed by atoms with Gasteiger partial charge in [0.15, 0.2) is 0 Å². The van der Waals surface area contributed by atoms with E-state index in [4.69, 9.17) is 5.84 Å². The number of nitrogens with zero attached hydrogens (tertiary/aromatic N) is 2. The number of rotatable bonds is 6. The second-order valence-corrected chi connectivity index (χ2v) is 4.48. The quantitative estimate of drug-likeness (QED) is 0.432. The molecule has 6 nitrogen and oxygen atoms in total. The summed E-state index contributed by atoms with van der Waals surface area (Å²) in [7, 11) is 0. The minimum absolute atomic E-state index is 0.306. The molecule has 1 aromatic rings. The Hall–Kier alpha value is -1.40. The van der Waals surface area contributed by atoms with Crippen LogP contribution in [0.5, 0.6) is 0 Å². The van der Waals surface area contributed by atoms with E-state index in [1.54, 1.807) is 13.0 Å². The summed E-state index contributed by atoms with van der Waals surface area (Å²) in [6.07, 6.45) is 2.69. The largest absolute Gasteiger partial charge is 0.393 e. The molecule has 0 aromatic carbocycles. The van der Waals surface area contributed by atoms with Gasteiger partial charge in [-0.1, -0.05) is 0 Å². The number of anilines is 2. The first-order valence-corrected chi connectivity index (χ1v) is 5.96. The van der Waals surface area contributed by atoms with Crippen molar-refractivity contribution in [1.29, 1.82) is 0 Å². The van der Waals surface area contributed by atoms with Gasteiger partial charge in [0.05, 0.1) is 6.10 Å². The predicted molar refractivity (Wildman–Crippen MR) is 66.6 cm³/mol. The van der Waals surface area contributed by atoms with Gasteiger partial charge in [0, 0.05) is 18.5 Å². The predicted octanol–water partition coefficient (Wildman–Crippen LogP) is 0.822. The van der Waals surface area contributed by atoms with Gasteiger partial charge in [-0.25, -0.2) is 15.8 Å². The number of aromatic nitrogens is 2. The van der Waals surface area contributed by atoms with Crippen LogP contribution >= 0.6 is 0 Å². The summed E-state index contributed by atoms with van der Waals surface area (Å²) < 4.78 is 0. The number of nitrogens with one attached hydrogen (secondary N) is 2. The van der Waals surface area contributed by atoms with Crippen molar-refractivity contribution in [2.75, 3.05) is 17.3 Å². The first-order valence-electron chi connectivity index (χ1n) is 5.96. The minimum atomic E-state index is -0.306. The van der Waals surface area contributed by atoms with Gasteiger partial charge in [0.2, 0.25) is 0 Å². The van der Waals surface area contributed by atoms with Gasteiger partial charge in [0.1, 0.15) is 17.5 Å². The van der Waals surface area contributed by atoms with Gasteiger partial charge in [-0.2, -0.15) is 0 Å². The van der Waals surface area contributed by atoms with Crippen LogP contribution in [0.25, 0.3) is 0 Å². The molecule has 94 valence electrons. The van der Waals surface area contributed by atoms with Crippen molar-refractivity contribution < 1.29 is 5.11 Å². The lowest BCUT2D eigenvalue weighted by Gasteiger charge is -2.10. The molecule has 1 atom stereocenters. The fourth-order valence-corrected chi connectivity index (χ4v) is 1.56. The fraction of sp³-hybridized carbons (Fsp3) is 0.636. The molecule has 5 N–H and O–H groups in total. The van der Waals surface area contributed by atoms with Crippen LogP contribution in [0.2, 0.25) is 0 Å². The molecule has 0 saturated heterocycles. The highest BCUT2D eigenvalue weighted by molar-refractivity contribution is 5.47. The van der Waals surface area contributed by atoms with Gasteiger partial charge in [-0.15, -0.1) is 0 Å². The Morgan fingerprint density at radius 3 is 2.76 bits per heavy atom. The van der Waals surface area contributed by atoms with E-state index in [2.05, 4.69) is 20.7 Å². The van der Waals surface area contributed by atoms with E-state index in [1.807, 2.05) is 0 Å². The fourth-order valence-electron chi connectivity index (χ4n) is 1.56. The van der Waals surface area contributed by atoms with E-state index < -0.39 is 0 Å². The summed E-state index contributed by atoms with van der Waals surface area (Å²) >= 11 is 0. The van der Waals surface area contributed by atoms with Gasteiger partial charge < -0.3 is 15.8 Å². The molecule has 1 aliphatic rings. The van der Waals surface area contributed by atoms with E-state index in [0.29, 0.717) is 24.7 Å². The highest BCUT2D eigenvalue weighted by Gasteiger charge is 2.27. The topological polar surface area (TPSA) is 96.1 Å². The summed E-state index contributed by atoms with van der Waals surface area (Å²) in [6, 6.07) is 1.77. The SMILES string of the molecule is CC(O)CCNc1cc(NN)nc(C2CC2)n1. The van der Waals surface area contributed by atoms with Crippen LogP contribution in [0.1, 0.15) is 37.9 Å². The Morgan fingerprint density at radius 2 is 2.18 bits per heavy atom. The van der Waals surface area contributed by atoms with Gasteiger partial charge in [0.25, 0.3) is 0 Å². The third kappa shape index (κ3) is 3.54. The number of aliphatic hydroxyl groups excluding tert-OH is 1. The molecule has 1 aliphatic carbocycles. The number of nitrogen functional groups attached to an aromatic ring is 1. The van der Waals surface area contributed by atoms with Gasteiger partial charge >= 0.3 is 0 Å². The molecule has 0 bridgehead atoms. The summed E-state index contributed by atoms with van der Waals surface area (Å²) in [5.74, 6) is 8.10. The Kier molecular flexibility index (Phi) is 3.75. The summed E-state index contributed by atoms with van der Waals surface area (Å²) in [6.45, 7) is 2.45. The van der Waals surface area contributed by atoms with E-state index in [-0.39, 0.29) is 6.10 Å². The lowest BCUT2D eigenvalue weighted by molar-refractivity contribution is 0.188. The number of hydrogen-bond acceptors (Lipinski definition) is 6. The first-order chi connectivity index (χ1) is 8.19. The maximum atomic E-state index is 9.18. The number of hydrazine groups is 1. The maximum absolute atomic E-state index is 9.18. The van der Waals surface area contributed by atoms with Gasteiger partial charge in [-0.3, -0.25) is 0 Å². The van der Waals surface area contributed by atoms with E-state index >= 15 is 0 Å². The molecule has 1 heterocycles. The molecule has 17 heavy (non-hydrogen) atoms. The molecule has 0 spiro atoms. The van der Waals surface area contributed by atoms with Crippen molar-refractivity contribution in [3.8, 4) is 0 Å². The van der Waals surface area contributed by atoms with Crippen molar-refractivity contribution >= 4 is 11.6 Å². The standard InChI is InChI=1S/C11H19N5O/c1-7(17)4-5-13-9-6-10(16-12)15-11(14-9)8-2-3-8/h6-8,17H,2-5,12H2,1H3,(H2,13,14,15,16). The zero-order valence-corrected chi connectivity index (χ0v) is 9.98. The molecule has 1 unspecified atom stereocenters. The second kappa shape index (κ2) is 5.29. The van der Waals surface area contributed by atoms with Crippen LogP contribution in [0.15, 0.2) is 6.07 Å². The maximum Gasteiger partial charge on any atom is 0.145 e. The van der Waals surface area contributed by atoms with Crippen LogP contribution < -0.4 is 16.6 Å². The number of hydrogen-bond donors (Lipinski definition) is 4. The van der Waals surface area contributed by atoms with Crippen LogP contribution in [0.4, 0.5) is 11.6 Å². The summed E-state index contributed by atoms with van der Waals surface area (Å²) in [5, 5.41) is 12.3. The van der Waals surface area contributed by atoms with Crippen LogP contribution in [-0.2, 0) is 0 Å². The van der Waals surface area contributed by atoms with Crippen molar-refractivity contribution in [1.82, 2.24) is 9.97 Å². The first kappa shape index (κ1) is 12.1. The Bertz CT molecular complexity index is 378. The Morgan fingerprint density at radius 1 is 1.47 bits per heavy atom. The molecule has 0 amide bonds. The lowest BCUT2D eigenvalue weighted by atomic mass is 10.3. The van der Waals surface area contributed by atoms with Crippen molar-refractivity contribution in [3.63, 3.8) is 0 Å².